The number of anilines is 1. The molecule has 4 rings (SSSR count). The normalized spacial score (nSPS) is 17.3. The maximum absolute atomic E-state index is 13.4. The topological polar surface area (TPSA) is 32.8 Å². The van der Waals surface area contributed by atoms with Gasteiger partial charge in [0.05, 0.1) is 7.11 Å². The first-order chi connectivity index (χ1) is 15.9. The molecule has 7 heteroatoms. The zero-order chi connectivity index (χ0) is 23.4. The van der Waals surface area contributed by atoms with Gasteiger partial charge in [-0.25, -0.2) is 0 Å². The first-order valence-corrected chi connectivity index (χ1v) is 11.4. The van der Waals surface area contributed by atoms with Crippen LogP contribution in [0.2, 0.25) is 0 Å². The van der Waals surface area contributed by atoms with Gasteiger partial charge < -0.3 is 9.64 Å². The van der Waals surface area contributed by atoms with Gasteiger partial charge in [-0.1, -0.05) is 42.8 Å². The number of hydrogen-bond donors (Lipinski definition) is 0. The van der Waals surface area contributed by atoms with Gasteiger partial charge in [0.15, 0.2) is 0 Å². The summed E-state index contributed by atoms with van der Waals surface area (Å²) in [6.07, 6.45) is 3.68. The molecular formula is C26H29F3N2O2. The molecule has 2 aromatic carbocycles. The minimum atomic E-state index is -4.95. The number of carbonyl (C=O) groups excluding carboxylic acids is 1. The number of alkyl halides is 3. The summed E-state index contributed by atoms with van der Waals surface area (Å²) in [6, 6.07) is 13.1. The maximum Gasteiger partial charge on any atom is 0.471 e. The molecule has 2 aromatic rings. The van der Waals surface area contributed by atoms with Gasteiger partial charge in [0.1, 0.15) is 5.75 Å². The third-order valence-corrected chi connectivity index (χ3v) is 6.64. The molecule has 0 spiro atoms. The molecule has 0 radical (unpaired) electrons. The number of ether oxygens (including phenoxy) is 1. The van der Waals surface area contributed by atoms with Crippen LogP contribution < -0.4 is 9.64 Å². The molecule has 0 atom stereocenters. The first kappa shape index (κ1) is 23.4. The van der Waals surface area contributed by atoms with E-state index in [4.69, 9.17) is 4.74 Å². The fraction of sp³-hybridized carbons (Fsp3) is 0.423. The van der Waals surface area contributed by atoms with Crippen LogP contribution in [0.3, 0.4) is 0 Å². The van der Waals surface area contributed by atoms with Crippen LogP contribution in [0, 0.1) is 0 Å². The van der Waals surface area contributed by atoms with Crippen molar-refractivity contribution in [3.05, 3.63) is 65.2 Å². The van der Waals surface area contributed by atoms with Crippen molar-refractivity contribution >= 4 is 17.7 Å². The highest BCUT2D eigenvalue weighted by molar-refractivity contribution is 5.97. The molecule has 1 amide bonds. The Morgan fingerprint density at radius 3 is 2.52 bits per heavy atom. The van der Waals surface area contributed by atoms with Gasteiger partial charge >= 0.3 is 12.1 Å². The number of rotatable bonds is 6. The molecule has 0 bridgehead atoms. The minimum Gasteiger partial charge on any atom is -0.496 e. The monoisotopic (exact) mass is 458 g/mol. The predicted octanol–water partition coefficient (Wildman–Crippen LogP) is 5.26. The van der Waals surface area contributed by atoms with Crippen LogP contribution in [-0.4, -0.2) is 49.8 Å². The van der Waals surface area contributed by atoms with Gasteiger partial charge in [0.25, 0.3) is 0 Å². The number of hydrogen-bond acceptors (Lipinski definition) is 3. The number of amides is 1. The number of methoxy groups -OCH3 is 1. The van der Waals surface area contributed by atoms with Gasteiger partial charge in [-0.05, 0) is 55.0 Å². The Morgan fingerprint density at radius 1 is 1.12 bits per heavy atom. The van der Waals surface area contributed by atoms with Crippen LogP contribution in [0.5, 0.6) is 5.75 Å². The quantitative estimate of drug-likeness (QED) is 0.592. The van der Waals surface area contributed by atoms with Crippen molar-refractivity contribution in [2.75, 3.05) is 31.6 Å². The van der Waals surface area contributed by atoms with E-state index in [1.54, 1.807) is 30.4 Å². The van der Waals surface area contributed by atoms with Gasteiger partial charge in [0, 0.05) is 36.9 Å². The SMILES string of the molecule is COc1ccccc1/C=C/CN(C(=O)C(F)(F)F)c1ccc2c(c1)CCN(C1CCC1)CC2. The van der Waals surface area contributed by atoms with E-state index in [2.05, 4.69) is 4.90 Å². The lowest BCUT2D eigenvalue weighted by atomic mass is 9.91. The summed E-state index contributed by atoms with van der Waals surface area (Å²) < 4.78 is 45.5. The smallest absolute Gasteiger partial charge is 0.471 e. The van der Waals surface area contributed by atoms with Crippen molar-refractivity contribution in [3.8, 4) is 5.75 Å². The number of halogens is 3. The Labute approximate surface area is 192 Å². The molecule has 1 aliphatic carbocycles. The third kappa shape index (κ3) is 5.41. The summed E-state index contributed by atoms with van der Waals surface area (Å²) in [5, 5.41) is 0. The molecular weight excluding hydrogens is 429 g/mol. The standard InChI is InChI=1S/C26H29F3N2O2/c1-33-24-10-3-2-6-20(24)7-5-15-31(25(32)26(27,28)29)23-12-11-19-13-16-30(22-8-4-9-22)17-14-21(19)18-23/h2-3,5-7,10-12,18,22H,4,8-9,13-17H2,1H3/b7-5+. The van der Waals surface area contributed by atoms with Crippen molar-refractivity contribution < 1.29 is 22.7 Å². The maximum atomic E-state index is 13.4. The van der Waals surface area contributed by atoms with Gasteiger partial charge in [-0.3, -0.25) is 9.69 Å². The minimum absolute atomic E-state index is 0.191. The summed E-state index contributed by atoms with van der Waals surface area (Å²) >= 11 is 0. The van der Waals surface area contributed by atoms with Crippen molar-refractivity contribution in [1.82, 2.24) is 4.90 Å². The molecule has 1 aliphatic heterocycles. The van der Waals surface area contributed by atoms with Crippen LogP contribution in [0.4, 0.5) is 18.9 Å². The molecule has 0 unspecified atom stereocenters. The number of benzene rings is 2. The largest absolute Gasteiger partial charge is 0.496 e. The molecule has 1 heterocycles. The number of para-hydroxylation sites is 1. The summed E-state index contributed by atoms with van der Waals surface area (Å²) in [4.78, 5) is 15.6. The summed E-state index contributed by atoms with van der Waals surface area (Å²) in [6.45, 7) is 1.69. The van der Waals surface area contributed by atoms with E-state index in [0.29, 0.717) is 11.8 Å². The van der Waals surface area contributed by atoms with E-state index >= 15 is 0 Å². The van der Waals surface area contributed by atoms with E-state index in [9.17, 15) is 18.0 Å². The fourth-order valence-electron chi connectivity index (χ4n) is 4.56. The van der Waals surface area contributed by atoms with Crippen molar-refractivity contribution in [3.63, 3.8) is 0 Å². The van der Waals surface area contributed by atoms with Crippen molar-refractivity contribution in [2.24, 2.45) is 0 Å². The molecule has 0 saturated heterocycles. The molecule has 1 fully saturated rings. The summed E-state index contributed by atoms with van der Waals surface area (Å²) in [5.74, 6) is -1.25. The molecule has 0 aromatic heterocycles. The van der Waals surface area contributed by atoms with Crippen molar-refractivity contribution in [1.29, 1.82) is 0 Å². The molecule has 0 N–H and O–H groups in total. The van der Waals surface area contributed by atoms with E-state index in [1.165, 1.54) is 26.4 Å². The average molecular weight is 459 g/mol. The van der Waals surface area contributed by atoms with Gasteiger partial charge in [0.2, 0.25) is 0 Å². The third-order valence-electron chi connectivity index (χ3n) is 6.64. The van der Waals surface area contributed by atoms with Gasteiger partial charge in [-0.2, -0.15) is 13.2 Å². The predicted molar refractivity (Wildman–Crippen MR) is 123 cm³/mol. The first-order valence-electron chi connectivity index (χ1n) is 11.4. The molecule has 4 nitrogen and oxygen atoms in total. The number of carbonyl (C=O) groups is 1. The van der Waals surface area contributed by atoms with Crippen LogP contribution in [0.1, 0.15) is 36.0 Å². The summed E-state index contributed by atoms with van der Waals surface area (Å²) in [7, 11) is 1.54. The van der Waals surface area contributed by atoms with Crippen LogP contribution in [-0.2, 0) is 17.6 Å². The van der Waals surface area contributed by atoms with Crippen molar-refractivity contribution in [2.45, 2.75) is 44.3 Å². The highest BCUT2D eigenvalue weighted by Crippen LogP contribution is 2.30. The number of fused-ring (bicyclic) bond motifs is 1. The molecule has 1 saturated carbocycles. The highest BCUT2D eigenvalue weighted by Gasteiger charge is 2.43. The Morgan fingerprint density at radius 2 is 1.85 bits per heavy atom. The zero-order valence-electron chi connectivity index (χ0n) is 18.8. The lowest BCUT2D eigenvalue weighted by Gasteiger charge is -2.36. The van der Waals surface area contributed by atoms with E-state index in [-0.39, 0.29) is 12.2 Å². The number of nitrogens with zero attached hydrogens (tertiary/aromatic N) is 2. The second-order valence-electron chi connectivity index (χ2n) is 8.63. The molecule has 176 valence electrons. The van der Waals surface area contributed by atoms with Crippen LogP contribution >= 0.6 is 0 Å². The highest BCUT2D eigenvalue weighted by atomic mass is 19.4. The average Bonchev–Trinajstić information content (AvgIpc) is 2.97. The molecule has 2 aliphatic rings. The van der Waals surface area contributed by atoms with E-state index < -0.39 is 12.1 Å². The van der Waals surface area contributed by atoms with E-state index in [1.807, 2.05) is 24.3 Å². The second-order valence-corrected chi connectivity index (χ2v) is 8.63. The van der Waals surface area contributed by atoms with E-state index in [0.717, 1.165) is 47.5 Å². The Bertz CT molecular complexity index is 1010. The lowest BCUT2D eigenvalue weighted by molar-refractivity contribution is -0.170. The lowest BCUT2D eigenvalue weighted by Crippen LogP contribution is -2.41. The Hall–Kier alpha value is -2.80. The summed E-state index contributed by atoms with van der Waals surface area (Å²) in [5.41, 5.74) is 3.20. The fourth-order valence-corrected chi connectivity index (χ4v) is 4.56. The van der Waals surface area contributed by atoms with Gasteiger partial charge in [-0.15, -0.1) is 0 Å². The Kier molecular flexibility index (Phi) is 7.08. The van der Waals surface area contributed by atoms with Crippen LogP contribution in [0.25, 0.3) is 6.08 Å². The molecule has 33 heavy (non-hydrogen) atoms. The zero-order valence-corrected chi connectivity index (χ0v) is 18.8. The second kappa shape index (κ2) is 10.00. The van der Waals surface area contributed by atoms with Crippen LogP contribution in [0.15, 0.2) is 48.5 Å². The Balaban J connectivity index is 1.56.